The van der Waals surface area contributed by atoms with Crippen LogP contribution >= 0.6 is 0 Å². The Bertz CT molecular complexity index is 749. The van der Waals surface area contributed by atoms with Gasteiger partial charge in [-0.1, -0.05) is 36.4 Å². The fourth-order valence-electron chi connectivity index (χ4n) is 2.61. The van der Waals surface area contributed by atoms with Crippen LogP contribution in [0.2, 0.25) is 0 Å². The van der Waals surface area contributed by atoms with Crippen LogP contribution in [0, 0.1) is 0 Å². The van der Waals surface area contributed by atoms with E-state index in [1.54, 1.807) is 12.4 Å². The van der Waals surface area contributed by atoms with Crippen LogP contribution in [0.3, 0.4) is 0 Å². The molecule has 0 unspecified atom stereocenters. The zero-order valence-corrected chi connectivity index (χ0v) is 12.0. The van der Waals surface area contributed by atoms with Gasteiger partial charge < -0.3 is 10.6 Å². The molecule has 1 aromatic heterocycles. The van der Waals surface area contributed by atoms with E-state index in [2.05, 4.69) is 64.3 Å². The normalized spacial score (nSPS) is 10.8. The number of fused-ring (bicyclic) bond motifs is 1. The molecule has 0 spiro atoms. The van der Waals surface area contributed by atoms with Gasteiger partial charge in [0.25, 0.3) is 0 Å². The van der Waals surface area contributed by atoms with Crippen LogP contribution in [0.15, 0.2) is 54.9 Å². The summed E-state index contributed by atoms with van der Waals surface area (Å²) < 4.78 is 0. The van der Waals surface area contributed by atoms with Crippen molar-refractivity contribution in [2.24, 2.45) is 5.73 Å². The van der Waals surface area contributed by atoms with Gasteiger partial charge in [0, 0.05) is 30.9 Å². The Morgan fingerprint density at radius 2 is 1.76 bits per heavy atom. The van der Waals surface area contributed by atoms with Crippen molar-refractivity contribution in [1.29, 1.82) is 0 Å². The van der Waals surface area contributed by atoms with Crippen LogP contribution in [0.1, 0.15) is 12.6 Å². The maximum absolute atomic E-state index is 5.80. The van der Waals surface area contributed by atoms with Gasteiger partial charge in [0.2, 0.25) is 0 Å². The van der Waals surface area contributed by atoms with E-state index in [9.17, 15) is 0 Å². The molecule has 0 saturated carbocycles. The zero-order valence-electron chi connectivity index (χ0n) is 12.0. The van der Waals surface area contributed by atoms with Gasteiger partial charge in [0.1, 0.15) is 0 Å². The van der Waals surface area contributed by atoms with Gasteiger partial charge in [-0.15, -0.1) is 0 Å². The summed E-state index contributed by atoms with van der Waals surface area (Å²) in [7, 11) is 0. The van der Waals surface area contributed by atoms with Crippen molar-refractivity contribution in [3.8, 4) is 0 Å². The zero-order chi connectivity index (χ0) is 14.7. The molecule has 0 amide bonds. The molecule has 2 N–H and O–H groups in total. The fourth-order valence-corrected chi connectivity index (χ4v) is 2.61. The summed E-state index contributed by atoms with van der Waals surface area (Å²) in [6, 6.07) is 14.7. The van der Waals surface area contributed by atoms with E-state index < -0.39 is 0 Å². The van der Waals surface area contributed by atoms with Crippen LogP contribution in [0.5, 0.6) is 0 Å². The van der Waals surface area contributed by atoms with E-state index in [1.165, 1.54) is 10.8 Å². The summed E-state index contributed by atoms with van der Waals surface area (Å²) in [6.07, 6.45) is 3.39. The Morgan fingerprint density at radius 1 is 1.00 bits per heavy atom. The number of anilines is 2. The number of rotatable bonds is 4. The monoisotopic (exact) mass is 278 g/mol. The Balaban J connectivity index is 2.19. The highest BCUT2D eigenvalue weighted by Gasteiger charge is 2.15. The maximum atomic E-state index is 5.80. The summed E-state index contributed by atoms with van der Waals surface area (Å²) in [5.74, 6) is 0.832. The highest BCUT2D eigenvalue weighted by Crippen LogP contribution is 2.31. The minimum Gasteiger partial charge on any atom is -0.325 e. The van der Waals surface area contributed by atoms with Crippen molar-refractivity contribution in [3.05, 3.63) is 60.6 Å². The lowest BCUT2D eigenvalue weighted by Crippen LogP contribution is -2.21. The van der Waals surface area contributed by atoms with Crippen molar-refractivity contribution in [3.63, 3.8) is 0 Å². The largest absolute Gasteiger partial charge is 0.325 e. The molecule has 0 aliphatic carbocycles. The highest BCUT2D eigenvalue weighted by molar-refractivity contribution is 5.95. The minimum atomic E-state index is 0.379. The van der Waals surface area contributed by atoms with Crippen LogP contribution in [0.25, 0.3) is 10.8 Å². The Morgan fingerprint density at radius 3 is 2.57 bits per heavy atom. The van der Waals surface area contributed by atoms with Crippen molar-refractivity contribution in [2.45, 2.75) is 13.5 Å². The van der Waals surface area contributed by atoms with Gasteiger partial charge in [-0.25, -0.2) is 4.98 Å². The summed E-state index contributed by atoms with van der Waals surface area (Å²) in [6.45, 7) is 3.29. The molecule has 21 heavy (non-hydrogen) atoms. The molecule has 3 aromatic rings. The Hall–Kier alpha value is -2.46. The molecule has 0 aliphatic heterocycles. The molecule has 4 heteroatoms. The number of aromatic nitrogens is 2. The lowest BCUT2D eigenvalue weighted by Gasteiger charge is -2.25. The van der Waals surface area contributed by atoms with Crippen molar-refractivity contribution >= 4 is 22.3 Å². The molecule has 0 bridgehead atoms. The molecule has 0 atom stereocenters. The van der Waals surface area contributed by atoms with Gasteiger partial charge in [-0.2, -0.15) is 0 Å². The van der Waals surface area contributed by atoms with Crippen LogP contribution in [-0.2, 0) is 6.54 Å². The third kappa shape index (κ3) is 2.45. The van der Waals surface area contributed by atoms with Crippen molar-refractivity contribution < 1.29 is 0 Å². The minimum absolute atomic E-state index is 0.379. The second-order valence-corrected chi connectivity index (χ2v) is 4.77. The van der Waals surface area contributed by atoms with E-state index >= 15 is 0 Å². The number of hydrogen-bond donors (Lipinski definition) is 1. The molecule has 3 rings (SSSR count). The third-order valence-electron chi connectivity index (χ3n) is 3.57. The lowest BCUT2D eigenvalue weighted by atomic mass is 10.1. The first kappa shape index (κ1) is 13.5. The van der Waals surface area contributed by atoms with Crippen LogP contribution < -0.4 is 10.6 Å². The van der Waals surface area contributed by atoms with Crippen LogP contribution in [0.4, 0.5) is 11.5 Å². The molecule has 0 radical (unpaired) electrons. The number of nitrogens with two attached hydrogens (primary N) is 1. The van der Waals surface area contributed by atoms with E-state index in [4.69, 9.17) is 5.73 Å². The maximum Gasteiger partial charge on any atom is 0.156 e. The van der Waals surface area contributed by atoms with Gasteiger partial charge >= 0.3 is 0 Å². The van der Waals surface area contributed by atoms with Gasteiger partial charge in [-0.05, 0) is 18.4 Å². The molecular weight excluding hydrogens is 260 g/mol. The quantitative estimate of drug-likeness (QED) is 0.796. The lowest BCUT2D eigenvalue weighted by molar-refractivity contribution is 0.908. The second-order valence-electron chi connectivity index (χ2n) is 4.77. The summed E-state index contributed by atoms with van der Waals surface area (Å²) in [5.41, 5.74) is 7.75. The fraction of sp³-hybridized carbons (Fsp3) is 0.176. The van der Waals surface area contributed by atoms with Crippen molar-refractivity contribution in [2.75, 3.05) is 11.4 Å². The third-order valence-corrected chi connectivity index (χ3v) is 3.57. The average Bonchev–Trinajstić information content (AvgIpc) is 2.56. The first-order valence-electron chi connectivity index (χ1n) is 7.10. The first-order valence-corrected chi connectivity index (χ1v) is 7.10. The standard InChI is InChI=1S/C17H18N4/c1-2-21(17-15(12-18)19-10-11-20-17)16-9-5-7-13-6-3-4-8-14(13)16/h3-11H,2,12,18H2,1H3. The Labute approximate surface area is 124 Å². The number of benzene rings is 2. The average molecular weight is 278 g/mol. The predicted octanol–water partition coefficient (Wildman–Crippen LogP) is 3.25. The molecule has 0 aliphatic rings. The molecule has 106 valence electrons. The molecule has 0 saturated heterocycles. The smallest absolute Gasteiger partial charge is 0.156 e. The molecular formula is C17H18N4. The summed E-state index contributed by atoms with van der Waals surface area (Å²) in [5, 5.41) is 2.42. The number of hydrogen-bond acceptors (Lipinski definition) is 4. The van der Waals surface area contributed by atoms with E-state index in [-0.39, 0.29) is 0 Å². The van der Waals surface area contributed by atoms with Crippen LogP contribution in [-0.4, -0.2) is 16.5 Å². The second kappa shape index (κ2) is 5.89. The molecule has 1 heterocycles. The van der Waals surface area contributed by atoms with E-state index in [0.29, 0.717) is 6.54 Å². The summed E-state index contributed by atoms with van der Waals surface area (Å²) >= 11 is 0. The van der Waals surface area contributed by atoms with Crippen molar-refractivity contribution in [1.82, 2.24) is 9.97 Å². The van der Waals surface area contributed by atoms with E-state index in [1.807, 2.05) is 0 Å². The predicted molar refractivity (Wildman–Crippen MR) is 86.6 cm³/mol. The van der Waals surface area contributed by atoms with E-state index in [0.717, 1.165) is 23.7 Å². The number of nitrogens with zero attached hydrogens (tertiary/aromatic N) is 3. The SMILES string of the molecule is CCN(c1nccnc1CN)c1cccc2ccccc12. The van der Waals surface area contributed by atoms with Gasteiger partial charge in [0.05, 0.1) is 11.4 Å². The molecule has 4 nitrogen and oxygen atoms in total. The van der Waals surface area contributed by atoms with Gasteiger partial charge in [-0.3, -0.25) is 4.98 Å². The highest BCUT2D eigenvalue weighted by atomic mass is 15.2. The first-order chi connectivity index (χ1) is 10.3. The molecule has 2 aromatic carbocycles. The Kier molecular flexibility index (Phi) is 3.79. The molecule has 0 fully saturated rings. The summed E-state index contributed by atoms with van der Waals surface area (Å²) in [4.78, 5) is 11.0. The topological polar surface area (TPSA) is 55.0 Å². The van der Waals surface area contributed by atoms with Gasteiger partial charge in [0.15, 0.2) is 5.82 Å².